The topological polar surface area (TPSA) is 74.6 Å². The first kappa shape index (κ1) is 16.6. The Morgan fingerprint density at radius 1 is 0.929 bits per heavy atom. The zero-order valence-electron chi connectivity index (χ0n) is 9.02. The number of benzene rings is 1. The Morgan fingerprint density at radius 2 is 1.21 bits per heavy atom. The van der Waals surface area contributed by atoms with Crippen LogP contribution in [0.5, 0.6) is 0 Å². The summed E-state index contributed by atoms with van der Waals surface area (Å²) in [7, 11) is 0. The maximum atomic E-state index is 10.5. The van der Waals surface area contributed by atoms with E-state index in [1.807, 2.05) is 0 Å². The molecule has 1 aromatic carbocycles. The van der Waals surface area contributed by atoms with Gasteiger partial charge in [0.2, 0.25) is 0 Å². The van der Waals surface area contributed by atoms with Gasteiger partial charge < -0.3 is 10.2 Å². The van der Waals surface area contributed by atoms with E-state index in [0.717, 1.165) is 0 Å². The summed E-state index contributed by atoms with van der Waals surface area (Å²) in [5.74, 6) is -2.46. The maximum Gasteiger partial charge on any atom is 1.00 e. The number of carboxylic acids is 2. The van der Waals surface area contributed by atoms with Gasteiger partial charge in [-0.1, -0.05) is 12.1 Å². The number of aromatic carboxylic acids is 2. The summed E-state index contributed by atoms with van der Waals surface area (Å²) in [4.78, 5) is 20.9. The predicted molar refractivity (Wildman–Crippen MR) is 41.5 cm³/mol. The smallest absolute Gasteiger partial charge is 0.478 e. The molecule has 0 aliphatic heterocycles. The molecule has 0 radical (unpaired) electrons. The van der Waals surface area contributed by atoms with E-state index in [2.05, 4.69) is 0 Å². The molecule has 2 N–H and O–H groups in total. The van der Waals surface area contributed by atoms with Crippen molar-refractivity contribution in [1.82, 2.24) is 0 Å². The molecule has 62 valence electrons. The van der Waals surface area contributed by atoms with E-state index in [1.165, 1.54) is 24.3 Å². The van der Waals surface area contributed by atoms with Crippen LogP contribution in [0.25, 0.3) is 0 Å². The van der Waals surface area contributed by atoms with Gasteiger partial charge in [0, 0.05) is 0 Å². The largest absolute Gasteiger partial charge is 1.00 e. The number of hydrogen-bond donors (Lipinski definition) is 2. The van der Waals surface area contributed by atoms with Crippen molar-refractivity contribution in [2.45, 2.75) is 0 Å². The second-order valence-corrected chi connectivity index (χ2v) is 2.16. The Hall–Kier alpha value is 0.160. The van der Waals surface area contributed by atoms with Gasteiger partial charge in [-0.2, -0.15) is 0 Å². The third kappa shape index (κ3) is 4.13. The van der Waals surface area contributed by atoms with E-state index in [1.54, 1.807) is 0 Å². The first-order valence-electron chi connectivity index (χ1n) is 3.18. The Bertz CT molecular complexity index is 310. The van der Waals surface area contributed by atoms with Crippen molar-refractivity contribution in [2.75, 3.05) is 0 Å². The van der Waals surface area contributed by atoms with Crippen LogP contribution in [0.1, 0.15) is 22.1 Å². The van der Waals surface area contributed by atoms with E-state index >= 15 is 0 Å². The maximum absolute atomic E-state index is 10.5. The monoisotopic (exact) mass is 213 g/mol. The van der Waals surface area contributed by atoms with Crippen molar-refractivity contribution < 1.29 is 80.3 Å². The molecule has 0 amide bonds. The number of hydrogen-bond acceptors (Lipinski definition) is 2. The molecule has 0 saturated heterocycles. The summed E-state index contributed by atoms with van der Waals surface area (Å²) in [6.45, 7) is 0. The van der Waals surface area contributed by atoms with Crippen LogP contribution in [0.2, 0.25) is 0 Å². The van der Waals surface area contributed by atoms with Crippen molar-refractivity contribution in [2.24, 2.45) is 0 Å². The van der Waals surface area contributed by atoms with Crippen LogP contribution in [-0.4, -0.2) is 22.2 Å². The van der Waals surface area contributed by atoms with E-state index < -0.39 is 11.9 Å². The van der Waals surface area contributed by atoms with E-state index in [4.69, 9.17) is 10.2 Å². The van der Waals surface area contributed by atoms with Crippen LogP contribution < -0.4 is 59.1 Å². The standard InChI is InChI=1S/C8H6O4.2Na/c9-7(10)5-3-1-2-4-6(5)8(11)12;;/h1-4H,(H,9,10)(H,11,12);;/q;2*+1/p+1. The molecular weight excluding hydrogens is 206 g/mol. The Balaban J connectivity index is -0.000000480. The van der Waals surface area contributed by atoms with Crippen molar-refractivity contribution in [3.05, 3.63) is 35.4 Å². The fourth-order valence-corrected chi connectivity index (χ4v) is 0.856. The van der Waals surface area contributed by atoms with Crippen LogP contribution >= 0.6 is 0 Å². The molecule has 0 aromatic heterocycles. The van der Waals surface area contributed by atoms with Gasteiger partial charge >= 0.3 is 72.5 Å². The van der Waals surface area contributed by atoms with Crippen LogP contribution in [0.15, 0.2) is 24.3 Å². The summed E-state index contributed by atoms with van der Waals surface area (Å²) in [5, 5.41) is 17.1. The molecule has 4 nitrogen and oxygen atoms in total. The molecule has 0 fully saturated rings. The number of carbonyl (C=O) groups is 2. The Labute approximate surface area is 126 Å². The molecular formula is C8H7Na2O4+3. The van der Waals surface area contributed by atoms with Gasteiger partial charge in [-0.25, -0.2) is 9.59 Å². The van der Waals surface area contributed by atoms with Gasteiger partial charge in [-0.3, -0.25) is 0 Å². The van der Waals surface area contributed by atoms with Crippen LogP contribution in [0.4, 0.5) is 0 Å². The van der Waals surface area contributed by atoms with Crippen molar-refractivity contribution in [1.29, 1.82) is 0 Å². The minimum absolute atomic E-state index is 0. The summed E-state index contributed by atoms with van der Waals surface area (Å²) < 4.78 is 0. The van der Waals surface area contributed by atoms with E-state index in [-0.39, 0.29) is 71.7 Å². The van der Waals surface area contributed by atoms with Crippen LogP contribution in [-0.2, 0) is 0 Å². The van der Waals surface area contributed by atoms with Gasteiger partial charge in [-0.05, 0) is 12.1 Å². The molecule has 0 spiro atoms. The summed E-state index contributed by atoms with van der Waals surface area (Å²) in [5.41, 5.74) is -0.380. The van der Waals surface area contributed by atoms with Gasteiger partial charge in [0.05, 0.1) is 11.1 Å². The van der Waals surface area contributed by atoms with Gasteiger partial charge in [-0.15, -0.1) is 0 Å². The van der Waals surface area contributed by atoms with Gasteiger partial charge in [0.1, 0.15) is 0 Å². The van der Waals surface area contributed by atoms with Crippen molar-refractivity contribution in [3.8, 4) is 0 Å². The molecule has 1 rings (SSSR count). The average molecular weight is 213 g/mol. The molecule has 0 heterocycles. The Kier molecular flexibility index (Phi) is 8.83. The fraction of sp³-hybridized carbons (Fsp3) is 0. The summed E-state index contributed by atoms with van der Waals surface area (Å²) in [6, 6.07) is 5.48. The minimum atomic E-state index is -1.23. The van der Waals surface area contributed by atoms with Gasteiger partial charge in [0.25, 0.3) is 0 Å². The zero-order valence-corrected chi connectivity index (χ0v) is 12.0. The molecule has 0 saturated carbocycles. The molecule has 14 heavy (non-hydrogen) atoms. The quantitative estimate of drug-likeness (QED) is 0.483. The molecule has 6 heteroatoms. The second kappa shape index (κ2) is 7.45. The van der Waals surface area contributed by atoms with Crippen molar-refractivity contribution >= 4 is 11.9 Å². The van der Waals surface area contributed by atoms with E-state index in [9.17, 15) is 9.59 Å². The average Bonchev–Trinajstić information content (AvgIpc) is 2.04. The van der Waals surface area contributed by atoms with Crippen LogP contribution in [0, 0.1) is 0 Å². The summed E-state index contributed by atoms with van der Waals surface area (Å²) >= 11 is 0. The SMILES string of the molecule is O=C(O)c1ccccc1C(=O)O.[H+].[Na+].[Na+]. The fourth-order valence-electron chi connectivity index (χ4n) is 0.856. The third-order valence-electron chi connectivity index (χ3n) is 1.39. The third-order valence-corrected chi connectivity index (χ3v) is 1.39. The first-order valence-corrected chi connectivity index (χ1v) is 3.18. The molecule has 1 aromatic rings. The van der Waals surface area contributed by atoms with Crippen LogP contribution in [0.3, 0.4) is 0 Å². The predicted octanol–water partition coefficient (Wildman–Crippen LogP) is -4.80. The van der Waals surface area contributed by atoms with Crippen molar-refractivity contribution in [3.63, 3.8) is 0 Å². The number of rotatable bonds is 2. The zero-order chi connectivity index (χ0) is 9.14. The molecule has 0 unspecified atom stereocenters. The Morgan fingerprint density at radius 3 is 1.43 bits per heavy atom. The molecule has 0 aliphatic carbocycles. The second-order valence-electron chi connectivity index (χ2n) is 2.16. The summed E-state index contributed by atoms with van der Waals surface area (Å²) in [6.07, 6.45) is 0. The normalized spacial score (nSPS) is 8.00. The van der Waals surface area contributed by atoms with E-state index in [0.29, 0.717) is 0 Å². The minimum Gasteiger partial charge on any atom is -0.478 e. The molecule has 0 atom stereocenters. The first-order chi connectivity index (χ1) is 5.63. The number of carboxylic acid groups (broad SMARTS) is 2. The van der Waals surface area contributed by atoms with Gasteiger partial charge in [0.15, 0.2) is 0 Å². The molecule has 0 aliphatic rings. The molecule has 0 bridgehead atoms.